The van der Waals surface area contributed by atoms with Gasteiger partial charge in [0, 0.05) is 12.6 Å². The van der Waals surface area contributed by atoms with Crippen LogP contribution >= 0.6 is 0 Å². The maximum absolute atomic E-state index is 11.6. The second-order valence-electron chi connectivity index (χ2n) is 3.25. The molecule has 1 aliphatic heterocycles. The highest BCUT2D eigenvalue weighted by atomic mass is 32.2. The molecule has 0 radical (unpaired) electrons. The summed E-state index contributed by atoms with van der Waals surface area (Å²) in [5.74, 6) is -1.86. The Morgan fingerprint density at radius 1 is 1.33 bits per heavy atom. The topological polar surface area (TPSA) is 71.5 Å². The number of rotatable bonds is 0. The number of hydrogen-bond donors (Lipinski definition) is 0. The lowest BCUT2D eigenvalue weighted by molar-refractivity contribution is -0.136. The average Bonchev–Trinajstić information content (AvgIpc) is 2.44. The number of allylic oxidation sites excluding steroid dienone is 3. The molecule has 0 aromatic rings. The number of likely N-dealkylation sites (N-methyl/N-ethyl adjacent to an activating group) is 1. The van der Waals surface area contributed by atoms with Crippen LogP contribution in [-0.4, -0.2) is 37.0 Å². The fourth-order valence-electron chi connectivity index (χ4n) is 1.68. The third-order valence-electron chi connectivity index (χ3n) is 2.45. The number of nitrogens with zero attached hydrogens (tertiary/aromatic N) is 1. The van der Waals surface area contributed by atoms with E-state index < -0.39 is 28.0 Å². The van der Waals surface area contributed by atoms with E-state index in [1.165, 1.54) is 25.3 Å². The van der Waals surface area contributed by atoms with Gasteiger partial charge >= 0.3 is 0 Å². The van der Waals surface area contributed by atoms with Gasteiger partial charge in [0.2, 0.25) is 16.2 Å². The smallest absolute Gasteiger partial charge is 0.257 e. The molecule has 1 atom stereocenters. The van der Waals surface area contributed by atoms with Gasteiger partial charge in [0.05, 0.1) is 4.86 Å². The molecule has 6 heteroatoms. The predicted molar refractivity (Wildman–Crippen MR) is 52.4 cm³/mol. The zero-order valence-corrected chi connectivity index (χ0v) is 8.61. The maximum Gasteiger partial charge on any atom is 0.257 e. The highest BCUT2D eigenvalue weighted by molar-refractivity contribution is 7.73. The van der Waals surface area contributed by atoms with Crippen molar-refractivity contribution in [2.45, 2.75) is 0 Å². The van der Waals surface area contributed by atoms with E-state index in [0.29, 0.717) is 0 Å². The van der Waals surface area contributed by atoms with Gasteiger partial charge in [-0.1, -0.05) is 12.2 Å². The Morgan fingerprint density at radius 2 is 2.00 bits per heavy atom. The highest BCUT2D eigenvalue weighted by Gasteiger charge is 2.44. The number of carbonyl (C=O) groups excluding carboxylic acids is 2. The van der Waals surface area contributed by atoms with Crippen LogP contribution in [0, 0.1) is 5.92 Å². The second-order valence-corrected chi connectivity index (χ2v) is 4.19. The molecule has 1 unspecified atom stereocenters. The minimum atomic E-state index is -2.47. The summed E-state index contributed by atoms with van der Waals surface area (Å²) in [7, 11) is -1.13. The standard InChI is InChI=1S/C9H7NO4S/c1-10-8(11)5-3-2-4-6(15(13)14)7(5)9(10)12/h2-4,7H,1H3. The molecule has 0 aromatic carbocycles. The third-order valence-corrected chi connectivity index (χ3v) is 3.21. The Hall–Kier alpha value is -1.69. The Labute approximate surface area is 87.2 Å². The second kappa shape index (κ2) is 3.16. The minimum absolute atomic E-state index is 0.0461. The van der Waals surface area contributed by atoms with Crippen LogP contribution in [0.2, 0.25) is 0 Å². The van der Waals surface area contributed by atoms with Gasteiger partial charge in [-0.05, 0) is 6.08 Å². The van der Waals surface area contributed by atoms with Gasteiger partial charge in [-0.25, -0.2) is 0 Å². The number of hydrogen-bond acceptors (Lipinski definition) is 4. The molecule has 2 rings (SSSR count). The molecule has 15 heavy (non-hydrogen) atoms. The van der Waals surface area contributed by atoms with Crippen molar-refractivity contribution >= 4 is 27.0 Å². The molecular weight excluding hydrogens is 218 g/mol. The molecule has 0 bridgehead atoms. The maximum atomic E-state index is 11.6. The van der Waals surface area contributed by atoms with Gasteiger partial charge in [-0.15, -0.1) is 0 Å². The van der Waals surface area contributed by atoms with Crippen LogP contribution in [0.1, 0.15) is 0 Å². The average molecular weight is 225 g/mol. The first-order chi connectivity index (χ1) is 7.04. The van der Waals surface area contributed by atoms with Crippen molar-refractivity contribution in [1.29, 1.82) is 0 Å². The van der Waals surface area contributed by atoms with Crippen LogP contribution < -0.4 is 0 Å². The first-order valence-corrected chi connectivity index (χ1v) is 5.28. The van der Waals surface area contributed by atoms with Crippen molar-refractivity contribution in [3.05, 3.63) is 23.8 Å². The van der Waals surface area contributed by atoms with Crippen molar-refractivity contribution < 1.29 is 18.0 Å². The molecule has 1 fully saturated rings. The molecule has 5 nitrogen and oxygen atoms in total. The Balaban J connectivity index is 2.66. The molecule has 2 amide bonds. The summed E-state index contributed by atoms with van der Waals surface area (Å²) in [6.45, 7) is 0. The van der Waals surface area contributed by atoms with E-state index in [9.17, 15) is 18.0 Å². The summed E-state index contributed by atoms with van der Waals surface area (Å²) in [6.07, 6.45) is 4.27. The van der Waals surface area contributed by atoms with E-state index in [0.717, 1.165) is 4.90 Å². The van der Waals surface area contributed by atoms with Gasteiger partial charge in [-0.2, -0.15) is 8.42 Å². The normalized spacial score (nSPS) is 24.3. The van der Waals surface area contributed by atoms with E-state index >= 15 is 0 Å². The van der Waals surface area contributed by atoms with Gasteiger partial charge in [-0.3, -0.25) is 14.5 Å². The Bertz CT molecular complexity index is 545. The van der Waals surface area contributed by atoms with Crippen LogP contribution in [0.3, 0.4) is 0 Å². The molecule has 0 N–H and O–H groups in total. The van der Waals surface area contributed by atoms with Crippen molar-refractivity contribution in [3.8, 4) is 0 Å². The van der Waals surface area contributed by atoms with Gasteiger partial charge in [0.15, 0.2) is 0 Å². The van der Waals surface area contributed by atoms with Crippen LogP contribution in [-0.2, 0) is 19.9 Å². The molecule has 2 aliphatic rings. The Morgan fingerprint density at radius 3 is 2.60 bits per heavy atom. The van der Waals surface area contributed by atoms with Gasteiger partial charge in [0.25, 0.3) is 5.91 Å². The van der Waals surface area contributed by atoms with Crippen molar-refractivity contribution in [2.24, 2.45) is 5.92 Å². The van der Waals surface area contributed by atoms with Crippen LogP contribution in [0.15, 0.2) is 23.8 Å². The minimum Gasteiger partial charge on any atom is -0.281 e. The number of imide groups is 1. The summed E-state index contributed by atoms with van der Waals surface area (Å²) in [5, 5.41) is 0. The van der Waals surface area contributed by atoms with E-state index in [1.807, 2.05) is 0 Å². The summed E-state index contributed by atoms with van der Waals surface area (Å²) in [5.41, 5.74) is 0.226. The molecule has 0 saturated carbocycles. The molecule has 1 aliphatic carbocycles. The van der Waals surface area contributed by atoms with Gasteiger partial charge < -0.3 is 0 Å². The summed E-state index contributed by atoms with van der Waals surface area (Å²) >= 11 is 0. The van der Waals surface area contributed by atoms with Crippen LogP contribution in [0.5, 0.6) is 0 Å². The van der Waals surface area contributed by atoms with Crippen LogP contribution in [0.25, 0.3) is 0 Å². The van der Waals surface area contributed by atoms with Crippen molar-refractivity contribution in [1.82, 2.24) is 4.90 Å². The molecule has 78 valence electrons. The zero-order chi connectivity index (χ0) is 11.2. The molecule has 1 saturated heterocycles. The fourth-order valence-corrected chi connectivity index (χ4v) is 2.29. The number of likely N-dealkylation sites (tertiary alicyclic amines) is 1. The number of carbonyl (C=O) groups is 2. The quantitative estimate of drug-likeness (QED) is 0.397. The lowest BCUT2D eigenvalue weighted by atomic mass is 9.94. The van der Waals surface area contributed by atoms with Crippen molar-refractivity contribution in [2.75, 3.05) is 7.05 Å². The SMILES string of the molecule is CN1C(=O)C2=CC=CC(=S(=O)=O)C2C1=O. The highest BCUT2D eigenvalue weighted by Crippen LogP contribution is 2.28. The van der Waals surface area contributed by atoms with Crippen LogP contribution in [0.4, 0.5) is 0 Å². The number of fused-ring (bicyclic) bond motifs is 1. The lowest BCUT2D eigenvalue weighted by Crippen LogP contribution is -2.28. The van der Waals surface area contributed by atoms with E-state index in [1.54, 1.807) is 0 Å². The zero-order valence-electron chi connectivity index (χ0n) is 7.80. The monoisotopic (exact) mass is 225 g/mol. The molecule has 1 heterocycles. The summed E-state index contributed by atoms with van der Waals surface area (Å²) in [4.78, 5) is 24.0. The molecule has 0 spiro atoms. The summed E-state index contributed by atoms with van der Waals surface area (Å²) in [6, 6.07) is 0. The van der Waals surface area contributed by atoms with Gasteiger partial charge in [0.1, 0.15) is 5.92 Å². The van der Waals surface area contributed by atoms with E-state index in [-0.39, 0.29) is 10.4 Å². The number of amides is 2. The predicted octanol–water partition coefficient (Wildman–Crippen LogP) is -0.851. The third kappa shape index (κ3) is 1.25. The lowest BCUT2D eigenvalue weighted by Gasteiger charge is -2.08. The first kappa shape index (κ1) is 9.85. The van der Waals surface area contributed by atoms with E-state index in [4.69, 9.17) is 0 Å². The van der Waals surface area contributed by atoms with E-state index in [2.05, 4.69) is 0 Å². The molecular formula is C9H7NO4S. The largest absolute Gasteiger partial charge is 0.281 e. The molecule has 0 aromatic heterocycles. The Kier molecular flexibility index (Phi) is 2.08. The first-order valence-electron chi connectivity index (χ1n) is 4.20. The summed E-state index contributed by atoms with van der Waals surface area (Å²) < 4.78 is 21.7. The van der Waals surface area contributed by atoms with Crippen molar-refractivity contribution in [3.63, 3.8) is 0 Å². The fraction of sp³-hybridized carbons (Fsp3) is 0.222.